The van der Waals surface area contributed by atoms with Crippen molar-refractivity contribution in [2.24, 2.45) is 0 Å². The van der Waals surface area contributed by atoms with Crippen molar-refractivity contribution in [1.29, 1.82) is 0 Å². The summed E-state index contributed by atoms with van der Waals surface area (Å²) in [5.41, 5.74) is 3.67. The average Bonchev–Trinajstić information content (AvgIpc) is 3.44. The molecule has 7 heteroatoms. The molecule has 4 rings (SSSR count). The van der Waals surface area contributed by atoms with Crippen molar-refractivity contribution < 1.29 is 4.79 Å². The maximum absolute atomic E-state index is 12.3. The Kier molecular flexibility index (Phi) is 6.44. The molecule has 1 heterocycles. The smallest absolute Gasteiger partial charge is 0.230 e. The molecular formula is C23H25ClN4OS. The number of carbonyl (C=O) groups excluding carboxylic acids is 1. The maximum Gasteiger partial charge on any atom is 0.230 e. The Balaban J connectivity index is 1.33. The molecule has 1 aromatic heterocycles. The number of nitrogens with one attached hydrogen (secondary N) is 1. The van der Waals surface area contributed by atoms with Crippen molar-refractivity contribution in [3.05, 3.63) is 76.1 Å². The van der Waals surface area contributed by atoms with E-state index in [0.717, 1.165) is 29.5 Å². The number of carbonyl (C=O) groups is 1. The zero-order valence-electron chi connectivity index (χ0n) is 17.1. The van der Waals surface area contributed by atoms with E-state index >= 15 is 0 Å². The van der Waals surface area contributed by atoms with Gasteiger partial charge in [0.25, 0.3) is 0 Å². The predicted octanol–water partition coefficient (Wildman–Crippen LogP) is 4.94. The number of rotatable bonds is 8. The Bertz CT molecular complexity index is 1020. The summed E-state index contributed by atoms with van der Waals surface area (Å²) >= 11 is 7.33. The molecule has 1 amide bonds. The third-order valence-corrected chi connectivity index (χ3v) is 6.64. The molecule has 3 aromatic rings. The van der Waals surface area contributed by atoms with Crippen LogP contribution in [0.3, 0.4) is 0 Å². The first kappa shape index (κ1) is 20.9. The maximum atomic E-state index is 12.3. The lowest BCUT2D eigenvalue weighted by Crippen LogP contribution is -2.24. The van der Waals surface area contributed by atoms with E-state index in [0.29, 0.717) is 29.2 Å². The Hall–Kier alpha value is -2.31. The highest BCUT2D eigenvalue weighted by molar-refractivity contribution is 7.99. The Morgan fingerprint density at radius 2 is 1.87 bits per heavy atom. The fourth-order valence-electron chi connectivity index (χ4n) is 3.62. The second kappa shape index (κ2) is 9.23. The number of nitrogens with zero attached hydrogens (tertiary/aromatic N) is 3. The number of halogens is 1. The van der Waals surface area contributed by atoms with Gasteiger partial charge in [0, 0.05) is 24.0 Å². The number of amides is 1. The van der Waals surface area contributed by atoms with Gasteiger partial charge in [0.15, 0.2) is 5.16 Å². The van der Waals surface area contributed by atoms with E-state index in [-0.39, 0.29) is 5.91 Å². The summed E-state index contributed by atoms with van der Waals surface area (Å²) in [7, 11) is 0. The molecule has 0 aliphatic heterocycles. The van der Waals surface area contributed by atoms with Gasteiger partial charge in [0.1, 0.15) is 5.82 Å². The van der Waals surface area contributed by atoms with Crippen LogP contribution in [-0.4, -0.2) is 26.4 Å². The monoisotopic (exact) mass is 440 g/mol. The summed E-state index contributed by atoms with van der Waals surface area (Å²) in [6.45, 7) is 5.49. The molecule has 2 aromatic carbocycles. The Morgan fingerprint density at radius 1 is 1.13 bits per heavy atom. The van der Waals surface area contributed by atoms with E-state index in [1.165, 1.54) is 22.9 Å². The van der Waals surface area contributed by atoms with Crippen molar-refractivity contribution in [2.45, 2.75) is 50.4 Å². The fraction of sp³-hybridized carbons (Fsp3) is 0.348. The molecule has 0 bridgehead atoms. The van der Waals surface area contributed by atoms with Crippen LogP contribution in [-0.2, 0) is 17.9 Å². The quantitative estimate of drug-likeness (QED) is 0.504. The van der Waals surface area contributed by atoms with Crippen LogP contribution in [0, 0.1) is 6.92 Å². The van der Waals surface area contributed by atoms with Crippen LogP contribution in [0.4, 0.5) is 0 Å². The molecule has 1 fully saturated rings. The first-order valence-electron chi connectivity index (χ1n) is 10.2. The summed E-state index contributed by atoms with van der Waals surface area (Å²) in [5, 5.41) is 13.3. The van der Waals surface area contributed by atoms with Crippen molar-refractivity contribution in [1.82, 2.24) is 20.1 Å². The number of thioether (sulfide) groups is 1. The van der Waals surface area contributed by atoms with Gasteiger partial charge in [0.2, 0.25) is 5.91 Å². The van der Waals surface area contributed by atoms with Gasteiger partial charge >= 0.3 is 0 Å². The van der Waals surface area contributed by atoms with E-state index < -0.39 is 0 Å². The second-order valence-electron chi connectivity index (χ2n) is 7.64. The lowest BCUT2D eigenvalue weighted by atomic mass is 10.1. The van der Waals surface area contributed by atoms with Crippen LogP contribution in [0.15, 0.2) is 53.7 Å². The van der Waals surface area contributed by atoms with Gasteiger partial charge in [-0.25, -0.2) is 0 Å². The normalized spacial score (nSPS) is 17.7. The van der Waals surface area contributed by atoms with E-state index in [9.17, 15) is 4.79 Å². The molecule has 2 atom stereocenters. The van der Waals surface area contributed by atoms with Crippen molar-refractivity contribution in [3.8, 4) is 0 Å². The van der Waals surface area contributed by atoms with Crippen molar-refractivity contribution in [3.63, 3.8) is 0 Å². The molecule has 0 radical (unpaired) electrons. The topological polar surface area (TPSA) is 59.8 Å². The van der Waals surface area contributed by atoms with E-state index in [2.05, 4.69) is 58.2 Å². The second-order valence-corrected chi connectivity index (χ2v) is 9.02. The summed E-state index contributed by atoms with van der Waals surface area (Å²) in [6, 6.07) is 16.2. The lowest BCUT2D eigenvalue weighted by molar-refractivity contribution is -0.118. The van der Waals surface area contributed by atoms with Gasteiger partial charge in [-0.1, -0.05) is 65.3 Å². The molecule has 0 spiro atoms. The van der Waals surface area contributed by atoms with Crippen LogP contribution >= 0.6 is 23.4 Å². The number of hydrogen-bond acceptors (Lipinski definition) is 4. The van der Waals surface area contributed by atoms with Crippen LogP contribution in [0.25, 0.3) is 0 Å². The van der Waals surface area contributed by atoms with E-state index in [4.69, 9.17) is 11.6 Å². The van der Waals surface area contributed by atoms with E-state index in [1.807, 2.05) is 24.3 Å². The molecule has 0 saturated heterocycles. The average molecular weight is 441 g/mol. The standard InChI is InChI=1S/C23H25ClN4OS/c1-3-28-22(20-12-19(20)17-8-4-15(2)5-9-17)26-27-23(28)30-14-21(29)25-13-16-6-10-18(24)11-7-16/h4-11,19-20H,3,12-14H2,1-2H3,(H,25,29)/t19-,20-/m0/s1. The highest BCUT2D eigenvalue weighted by Crippen LogP contribution is 2.54. The lowest BCUT2D eigenvalue weighted by Gasteiger charge is -2.08. The van der Waals surface area contributed by atoms with Gasteiger partial charge in [0.05, 0.1) is 5.75 Å². The molecule has 1 N–H and O–H groups in total. The van der Waals surface area contributed by atoms with Gasteiger partial charge in [-0.2, -0.15) is 0 Å². The Labute approximate surface area is 186 Å². The molecule has 1 aliphatic rings. The predicted molar refractivity (Wildman–Crippen MR) is 121 cm³/mol. The molecule has 1 aliphatic carbocycles. The van der Waals surface area contributed by atoms with Crippen molar-refractivity contribution >= 4 is 29.3 Å². The zero-order valence-corrected chi connectivity index (χ0v) is 18.7. The molecule has 5 nitrogen and oxygen atoms in total. The largest absolute Gasteiger partial charge is 0.351 e. The molecular weight excluding hydrogens is 416 g/mol. The van der Waals surface area contributed by atoms with Gasteiger partial charge in [-0.05, 0) is 49.4 Å². The van der Waals surface area contributed by atoms with Gasteiger partial charge in [-0.3, -0.25) is 4.79 Å². The minimum absolute atomic E-state index is 0.0221. The molecule has 30 heavy (non-hydrogen) atoms. The molecule has 0 unspecified atom stereocenters. The number of hydrogen-bond donors (Lipinski definition) is 1. The van der Waals surface area contributed by atoms with Crippen LogP contribution < -0.4 is 5.32 Å². The number of aromatic nitrogens is 3. The minimum atomic E-state index is -0.0221. The third kappa shape index (κ3) is 4.87. The van der Waals surface area contributed by atoms with Gasteiger partial charge < -0.3 is 9.88 Å². The van der Waals surface area contributed by atoms with Crippen LogP contribution in [0.1, 0.15) is 47.7 Å². The number of aryl methyl sites for hydroxylation is 1. The summed E-state index contributed by atoms with van der Waals surface area (Å²) < 4.78 is 2.15. The van der Waals surface area contributed by atoms with E-state index in [1.54, 1.807) is 0 Å². The highest BCUT2D eigenvalue weighted by Gasteiger charge is 2.43. The fourth-order valence-corrected chi connectivity index (χ4v) is 4.59. The highest BCUT2D eigenvalue weighted by atomic mass is 35.5. The summed E-state index contributed by atoms with van der Waals surface area (Å²) in [4.78, 5) is 12.3. The zero-order chi connectivity index (χ0) is 21.1. The van der Waals surface area contributed by atoms with Crippen molar-refractivity contribution in [2.75, 3.05) is 5.75 Å². The SMILES string of the molecule is CCn1c(SCC(=O)NCc2ccc(Cl)cc2)nnc1[C@H]1C[C@H]1c1ccc(C)cc1. The van der Waals surface area contributed by atoms with Crippen LogP contribution in [0.5, 0.6) is 0 Å². The Morgan fingerprint density at radius 3 is 2.57 bits per heavy atom. The minimum Gasteiger partial charge on any atom is -0.351 e. The number of benzene rings is 2. The molecule has 156 valence electrons. The third-order valence-electron chi connectivity index (χ3n) is 5.42. The van der Waals surface area contributed by atoms with Gasteiger partial charge in [-0.15, -0.1) is 10.2 Å². The molecule has 1 saturated carbocycles. The first-order valence-corrected chi connectivity index (χ1v) is 11.5. The first-order chi connectivity index (χ1) is 14.5. The summed E-state index contributed by atoms with van der Waals surface area (Å²) in [6.07, 6.45) is 1.10. The summed E-state index contributed by atoms with van der Waals surface area (Å²) in [5.74, 6) is 2.25. The van der Waals surface area contributed by atoms with Crippen LogP contribution in [0.2, 0.25) is 5.02 Å².